The first kappa shape index (κ1) is 19.7. The van der Waals surface area contributed by atoms with Crippen LogP contribution in [-0.2, 0) is 19.2 Å². The van der Waals surface area contributed by atoms with Gasteiger partial charge in [0.25, 0.3) is 0 Å². The van der Waals surface area contributed by atoms with Gasteiger partial charge < -0.3 is 15.1 Å². The van der Waals surface area contributed by atoms with Crippen molar-refractivity contribution in [2.45, 2.75) is 38.1 Å². The van der Waals surface area contributed by atoms with Crippen LogP contribution >= 0.6 is 12.4 Å². The first-order chi connectivity index (χ1) is 11.6. The Labute approximate surface area is 153 Å². The van der Waals surface area contributed by atoms with Gasteiger partial charge in [-0.2, -0.15) is 0 Å². The summed E-state index contributed by atoms with van der Waals surface area (Å²) in [4.78, 5) is 52.5. The van der Waals surface area contributed by atoms with E-state index < -0.39 is 0 Å². The molecule has 0 aromatic heterocycles. The van der Waals surface area contributed by atoms with Gasteiger partial charge >= 0.3 is 0 Å². The molecule has 3 saturated heterocycles. The molecule has 3 aliphatic heterocycles. The Kier molecular flexibility index (Phi) is 6.78. The van der Waals surface area contributed by atoms with Crippen LogP contribution < -0.4 is 5.32 Å². The minimum Gasteiger partial charge on any atom is -0.341 e. The van der Waals surface area contributed by atoms with Crippen molar-refractivity contribution in [3.63, 3.8) is 0 Å². The Morgan fingerprint density at radius 3 is 2.48 bits per heavy atom. The molecule has 0 bridgehead atoms. The highest BCUT2D eigenvalue weighted by molar-refractivity contribution is 6.02. The molecule has 1 N–H and O–H groups in total. The number of hydrogen-bond acceptors (Lipinski definition) is 5. The summed E-state index contributed by atoms with van der Waals surface area (Å²) in [5.41, 5.74) is 0. The van der Waals surface area contributed by atoms with Crippen LogP contribution in [0.15, 0.2) is 0 Å². The third-order valence-corrected chi connectivity index (χ3v) is 5.02. The summed E-state index contributed by atoms with van der Waals surface area (Å²) >= 11 is 0. The molecule has 8 nitrogen and oxygen atoms in total. The molecule has 0 aliphatic carbocycles. The van der Waals surface area contributed by atoms with Crippen molar-refractivity contribution in [3.8, 4) is 0 Å². The molecule has 0 spiro atoms. The van der Waals surface area contributed by atoms with Crippen molar-refractivity contribution in [1.82, 2.24) is 20.0 Å². The molecule has 0 saturated carbocycles. The maximum atomic E-state index is 12.4. The molecular formula is C16H25ClN4O4. The number of carbonyl (C=O) groups is 4. The minimum absolute atomic E-state index is 0. The first-order valence-electron chi connectivity index (χ1n) is 8.67. The molecular weight excluding hydrogens is 348 g/mol. The second kappa shape index (κ2) is 8.62. The lowest BCUT2D eigenvalue weighted by Gasteiger charge is -2.41. The monoisotopic (exact) mass is 372 g/mol. The number of piperazine rings is 1. The van der Waals surface area contributed by atoms with Gasteiger partial charge in [0.15, 0.2) is 0 Å². The number of rotatable bonds is 4. The highest BCUT2D eigenvalue weighted by atomic mass is 35.5. The van der Waals surface area contributed by atoms with Crippen molar-refractivity contribution in [1.29, 1.82) is 0 Å². The zero-order valence-electron chi connectivity index (χ0n) is 14.2. The summed E-state index contributed by atoms with van der Waals surface area (Å²) in [5.74, 6) is -0.324. The standard InChI is InChI=1S/C16H24N4O4.ClH/c21-13(5-8-20-14(22)3-4-15(20)23)18-7-1-2-12(11-18)19-9-6-17-10-16(19)24;/h12,17H,1-11H2;1H. The van der Waals surface area contributed by atoms with Gasteiger partial charge in [-0.3, -0.25) is 24.1 Å². The summed E-state index contributed by atoms with van der Waals surface area (Å²) in [5, 5.41) is 3.06. The molecule has 140 valence electrons. The Hall–Kier alpha value is -1.67. The van der Waals surface area contributed by atoms with Gasteiger partial charge in [-0.05, 0) is 12.8 Å². The molecule has 0 aromatic rings. The van der Waals surface area contributed by atoms with Gasteiger partial charge in [0.1, 0.15) is 0 Å². The maximum Gasteiger partial charge on any atom is 0.236 e. The van der Waals surface area contributed by atoms with Crippen LogP contribution in [-0.4, -0.2) is 83.6 Å². The lowest BCUT2D eigenvalue weighted by atomic mass is 10.0. The predicted molar refractivity (Wildman–Crippen MR) is 92.0 cm³/mol. The van der Waals surface area contributed by atoms with E-state index in [1.807, 2.05) is 4.90 Å². The Morgan fingerprint density at radius 2 is 1.80 bits per heavy atom. The van der Waals surface area contributed by atoms with E-state index in [-0.39, 0.29) is 67.9 Å². The zero-order valence-corrected chi connectivity index (χ0v) is 15.1. The molecule has 25 heavy (non-hydrogen) atoms. The Bertz CT molecular complexity index is 540. The number of hydrogen-bond donors (Lipinski definition) is 1. The van der Waals surface area contributed by atoms with Gasteiger partial charge in [-0.1, -0.05) is 0 Å². The van der Waals surface area contributed by atoms with Crippen LogP contribution in [0.1, 0.15) is 32.1 Å². The smallest absolute Gasteiger partial charge is 0.236 e. The van der Waals surface area contributed by atoms with Crippen molar-refractivity contribution in [2.24, 2.45) is 0 Å². The molecule has 0 radical (unpaired) electrons. The largest absolute Gasteiger partial charge is 0.341 e. The average molecular weight is 373 g/mol. The van der Waals surface area contributed by atoms with Gasteiger partial charge in [-0.25, -0.2) is 0 Å². The number of likely N-dealkylation sites (tertiary alicyclic amines) is 2. The number of nitrogens with zero attached hydrogens (tertiary/aromatic N) is 3. The summed E-state index contributed by atoms with van der Waals surface area (Å²) in [6.07, 6.45) is 2.46. The van der Waals surface area contributed by atoms with Crippen molar-refractivity contribution < 1.29 is 19.2 Å². The van der Waals surface area contributed by atoms with Crippen molar-refractivity contribution in [3.05, 3.63) is 0 Å². The Balaban J connectivity index is 0.00000225. The number of halogens is 1. The van der Waals surface area contributed by atoms with E-state index in [1.54, 1.807) is 4.90 Å². The van der Waals surface area contributed by atoms with E-state index in [4.69, 9.17) is 0 Å². The van der Waals surface area contributed by atoms with Crippen LogP contribution in [0.4, 0.5) is 0 Å². The number of imide groups is 1. The highest BCUT2D eigenvalue weighted by Crippen LogP contribution is 2.18. The zero-order chi connectivity index (χ0) is 17.1. The van der Waals surface area contributed by atoms with Gasteiger partial charge in [0.2, 0.25) is 23.6 Å². The van der Waals surface area contributed by atoms with Crippen LogP contribution in [0, 0.1) is 0 Å². The molecule has 9 heteroatoms. The molecule has 3 rings (SSSR count). The molecule has 4 amide bonds. The van der Waals surface area contributed by atoms with Crippen LogP contribution in [0.25, 0.3) is 0 Å². The summed E-state index contributed by atoms with van der Waals surface area (Å²) in [6.45, 7) is 3.23. The number of carbonyl (C=O) groups excluding carboxylic acids is 4. The normalized spacial score (nSPS) is 24.6. The number of amides is 4. The fourth-order valence-corrected chi connectivity index (χ4v) is 3.68. The fraction of sp³-hybridized carbons (Fsp3) is 0.750. The maximum absolute atomic E-state index is 12.4. The molecule has 0 aromatic carbocycles. The van der Waals surface area contributed by atoms with E-state index in [0.29, 0.717) is 26.2 Å². The second-order valence-corrected chi connectivity index (χ2v) is 6.59. The fourth-order valence-electron chi connectivity index (χ4n) is 3.68. The molecule has 3 fully saturated rings. The first-order valence-corrected chi connectivity index (χ1v) is 8.67. The topological polar surface area (TPSA) is 90.0 Å². The lowest BCUT2D eigenvalue weighted by Crippen LogP contribution is -2.57. The van der Waals surface area contributed by atoms with E-state index in [0.717, 1.165) is 19.4 Å². The van der Waals surface area contributed by atoms with Gasteiger partial charge in [0.05, 0.1) is 6.54 Å². The minimum atomic E-state index is -0.185. The molecule has 1 unspecified atom stereocenters. The summed E-state index contributed by atoms with van der Waals surface area (Å²) in [7, 11) is 0. The van der Waals surface area contributed by atoms with E-state index >= 15 is 0 Å². The molecule has 3 heterocycles. The van der Waals surface area contributed by atoms with Crippen LogP contribution in [0.5, 0.6) is 0 Å². The van der Waals surface area contributed by atoms with E-state index in [2.05, 4.69) is 5.32 Å². The third kappa shape index (κ3) is 4.49. The summed E-state index contributed by atoms with van der Waals surface area (Å²) < 4.78 is 0. The van der Waals surface area contributed by atoms with E-state index in [1.165, 1.54) is 4.90 Å². The molecule has 3 aliphatic rings. The SMILES string of the molecule is Cl.O=C(CCN1C(=O)CCC1=O)N1CCCC(N2CCNCC2=O)C1. The summed E-state index contributed by atoms with van der Waals surface area (Å²) in [6, 6.07) is 0.0763. The quantitative estimate of drug-likeness (QED) is 0.664. The predicted octanol–water partition coefficient (Wildman–Crippen LogP) is -0.630. The second-order valence-electron chi connectivity index (χ2n) is 6.59. The average Bonchev–Trinajstić information content (AvgIpc) is 2.91. The highest BCUT2D eigenvalue weighted by Gasteiger charge is 2.33. The molecule has 1 atom stereocenters. The van der Waals surface area contributed by atoms with E-state index in [9.17, 15) is 19.2 Å². The number of nitrogens with one attached hydrogen (secondary N) is 1. The lowest BCUT2D eigenvalue weighted by molar-refractivity contribution is -0.142. The number of piperidine rings is 1. The van der Waals surface area contributed by atoms with Crippen molar-refractivity contribution in [2.75, 3.05) is 39.3 Å². The van der Waals surface area contributed by atoms with Crippen LogP contribution in [0.2, 0.25) is 0 Å². The third-order valence-electron chi connectivity index (χ3n) is 5.02. The van der Waals surface area contributed by atoms with Gasteiger partial charge in [-0.15, -0.1) is 12.4 Å². The van der Waals surface area contributed by atoms with Gasteiger partial charge in [0, 0.05) is 58.0 Å². The Morgan fingerprint density at radius 1 is 1.08 bits per heavy atom. The van der Waals surface area contributed by atoms with Crippen molar-refractivity contribution >= 4 is 36.0 Å². The van der Waals surface area contributed by atoms with Crippen LogP contribution in [0.3, 0.4) is 0 Å².